The number of allylic oxidation sites excluding steroid dienone is 1. The van der Waals surface area contributed by atoms with Crippen molar-refractivity contribution in [2.75, 3.05) is 0 Å². The molecular formula is C15H16O5. The molecule has 3 heterocycles. The average Bonchev–Trinajstić information content (AvgIpc) is 2.79. The Labute approximate surface area is 116 Å². The average molecular weight is 276 g/mol. The Morgan fingerprint density at radius 1 is 1.45 bits per heavy atom. The fourth-order valence-corrected chi connectivity index (χ4v) is 2.98. The Morgan fingerprint density at radius 2 is 2.15 bits per heavy atom. The first-order valence-electron chi connectivity index (χ1n) is 6.53. The molecule has 5 heteroatoms. The van der Waals surface area contributed by atoms with Crippen molar-refractivity contribution >= 4 is 11.8 Å². The van der Waals surface area contributed by atoms with Crippen LogP contribution in [0.5, 0.6) is 0 Å². The third-order valence-corrected chi connectivity index (χ3v) is 4.20. The second-order valence-corrected chi connectivity index (χ2v) is 5.75. The summed E-state index contributed by atoms with van der Waals surface area (Å²) in [6.45, 7) is 7.13. The first kappa shape index (κ1) is 13.1. The zero-order chi connectivity index (χ0) is 14.7. The smallest absolute Gasteiger partial charge is 0.334 e. The topological polar surface area (TPSA) is 72.8 Å². The third kappa shape index (κ3) is 1.73. The Bertz CT molecular complexity index is 585. The van der Waals surface area contributed by atoms with E-state index in [0.717, 1.165) is 0 Å². The van der Waals surface area contributed by atoms with Gasteiger partial charge in [0.05, 0.1) is 12.0 Å². The number of hydrogen-bond acceptors (Lipinski definition) is 5. The minimum Gasteiger partial charge on any atom is -0.479 e. The van der Waals surface area contributed by atoms with Crippen LogP contribution in [0.15, 0.2) is 35.6 Å². The van der Waals surface area contributed by atoms with Crippen LogP contribution in [0.4, 0.5) is 0 Å². The van der Waals surface area contributed by atoms with Crippen LogP contribution in [0.3, 0.4) is 0 Å². The molecule has 2 unspecified atom stereocenters. The van der Waals surface area contributed by atoms with Crippen LogP contribution in [0.25, 0.3) is 0 Å². The lowest BCUT2D eigenvalue weighted by Crippen LogP contribution is -2.40. The van der Waals surface area contributed by atoms with Crippen molar-refractivity contribution in [1.82, 2.24) is 0 Å². The molecule has 3 aliphatic heterocycles. The molecule has 0 aromatic heterocycles. The van der Waals surface area contributed by atoms with E-state index in [1.807, 2.05) is 0 Å². The summed E-state index contributed by atoms with van der Waals surface area (Å²) in [5, 5.41) is 10.4. The highest BCUT2D eigenvalue weighted by atomic mass is 16.6. The number of aliphatic hydroxyl groups is 1. The number of hydrogen-bond donors (Lipinski definition) is 1. The maximum absolute atomic E-state index is 12.1. The Balaban J connectivity index is 2.08. The summed E-state index contributed by atoms with van der Waals surface area (Å²) in [6, 6.07) is 0. The summed E-state index contributed by atoms with van der Waals surface area (Å²) < 4.78 is 10.9. The molecule has 106 valence electrons. The van der Waals surface area contributed by atoms with E-state index < -0.39 is 29.7 Å². The van der Waals surface area contributed by atoms with Gasteiger partial charge < -0.3 is 14.6 Å². The standard InChI is InChI=1S/C15H16O5/c1-7-4-11-13(8(2)14(18)19-11)9(16)6-15(3)12(17)5-10(7)20-15/h4-5,9,11,13,16H,2,6H2,1,3H3/b7-4-/t9?,11-,13?,15+/m0/s1. The van der Waals surface area contributed by atoms with E-state index in [2.05, 4.69) is 6.58 Å². The Morgan fingerprint density at radius 3 is 2.85 bits per heavy atom. The summed E-state index contributed by atoms with van der Waals surface area (Å²) in [7, 11) is 0. The van der Waals surface area contributed by atoms with Gasteiger partial charge in [0, 0.05) is 18.1 Å². The Hall–Kier alpha value is -1.88. The summed E-state index contributed by atoms with van der Waals surface area (Å²) in [5.74, 6) is -0.736. The predicted octanol–water partition coefficient (Wildman–Crippen LogP) is 1.04. The molecule has 0 amide bonds. The van der Waals surface area contributed by atoms with Crippen molar-refractivity contribution in [3.63, 3.8) is 0 Å². The normalized spacial score (nSPS) is 42.5. The molecule has 3 rings (SSSR count). The van der Waals surface area contributed by atoms with Gasteiger partial charge in [0.15, 0.2) is 5.60 Å². The van der Waals surface area contributed by atoms with Crippen molar-refractivity contribution in [1.29, 1.82) is 0 Å². The molecule has 0 spiro atoms. The van der Waals surface area contributed by atoms with Gasteiger partial charge in [-0.2, -0.15) is 0 Å². The maximum atomic E-state index is 12.1. The lowest BCUT2D eigenvalue weighted by atomic mass is 9.83. The second kappa shape index (κ2) is 4.06. The van der Waals surface area contributed by atoms with Crippen LogP contribution in [-0.4, -0.2) is 34.7 Å². The third-order valence-electron chi connectivity index (χ3n) is 4.20. The highest BCUT2D eigenvalue weighted by Gasteiger charge is 2.49. The largest absolute Gasteiger partial charge is 0.479 e. The van der Waals surface area contributed by atoms with Gasteiger partial charge in [0.25, 0.3) is 0 Å². The van der Waals surface area contributed by atoms with Gasteiger partial charge >= 0.3 is 5.97 Å². The fraction of sp³-hybridized carbons (Fsp3) is 0.467. The molecule has 1 N–H and O–H groups in total. The fourth-order valence-electron chi connectivity index (χ4n) is 2.98. The van der Waals surface area contributed by atoms with E-state index in [4.69, 9.17) is 9.47 Å². The number of ketones is 1. The molecule has 5 nitrogen and oxygen atoms in total. The van der Waals surface area contributed by atoms with E-state index in [0.29, 0.717) is 11.3 Å². The van der Waals surface area contributed by atoms with Crippen LogP contribution < -0.4 is 0 Å². The number of fused-ring (bicyclic) bond motifs is 3. The van der Waals surface area contributed by atoms with E-state index in [1.54, 1.807) is 19.9 Å². The van der Waals surface area contributed by atoms with Gasteiger partial charge in [0.2, 0.25) is 5.78 Å². The van der Waals surface area contributed by atoms with E-state index in [9.17, 15) is 14.7 Å². The molecule has 3 aliphatic rings. The predicted molar refractivity (Wildman–Crippen MR) is 69.5 cm³/mol. The lowest BCUT2D eigenvalue weighted by Gasteiger charge is -2.28. The first-order valence-corrected chi connectivity index (χ1v) is 6.53. The number of rotatable bonds is 0. The van der Waals surface area contributed by atoms with Crippen LogP contribution in [0, 0.1) is 5.92 Å². The van der Waals surface area contributed by atoms with Gasteiger partial charge in [-0.1, -0.05) is 6.58 Å². The molecule has 0 aliphatic carbocycles. The van der Waals surface area contributed by atoms with Crippen LogP contribution >= 0.6 is 0 Å². The second-order valence-electron chi connectivity index (χ2n) is 5.75. The zero-order valence-electron chi connectivity index (χ0n) is 11.4. The summed E-state index contributed by atoms with van der Waals surface area (Å²) in [6.07, 6.45) is 1.75. The van der Waals surface area contributed by atoms with Gasteiger partial charge in [-0.25, -0.2) is 4.79 Å². The molecule has 0 radical (unpaired) electrons. The number of esters is 1. The minimum absolute atomic E-state index is 0.101. The number of ether oxygens (including phenoxy) is 2. The van der Waals surface area contributed by atoms with Crippen molar-refractivity contribution in [3.05, 3.63) is 35.6 Å². The van der Waals surface area contributed by atoms with Crippen LogP contribution in [-0.2, 0) is 19.1 Å². The number of carbonyl (C=O) groups is 2. The van der Waals surface area contributed by atoms with Gasteiger partial charge in [-0.3, -0.25) is 4.79 Å². The van der Waals surface area contributed by atoms with Gasteiger partial charge in [-0.05, 0) is 25.5 Å². The van der Waals surface area contributed by atoms with Crippen LogP contribution in [0.1, 0.15) is 20.3 Å². The molecular weight excluding hydrogens is 260 g/mol. The van der Waals surface area contributed by atoms with Crippen molar-refractivity contribution < 1.29 is 24.2 Å². The van der Waals surface area contributed by atoms with Crippen molar-refractivity contribution in [2.45, 2.75) is 38.1 Å². The molecule has 20 heavy (non-hydrogen) atoms. The Kier molecular flexibility index (Phi) is 2.66. The monoisotopic (exact) mass is 276 g/mol. The molecule has 2 bridgehead atoms. The molecule has 0 aromatic carbocycles. The van der Waals surface area contributed by atoms with Crippen LogP contribution in [0.2, 0.25) is 0 Å². The molecule has 0 aromatic rings. The van der Waals surface area contributed by atoms with Crippen molar-refractivity contribution in [2.24, 2.45) is 5.92 Å². The lowest BCUT2D eigenvalue weighted by molar-refractivity contribution is -0.138. The van der Waals surface area contributed by atoms with Crippen molar-refractivity contribution in [3.8, 4) is 0 Å². The maximum Gasteiger partial charge on any atom is 0.334 e. The van der Waals surface area contributed by atoms with Gasteiger partial charge in [0.1, 0.15) is 11.9 Å². The SMILES string of the molecule is C=C1C(=O)O[C@H]2/C=C(/C)C3=CC(=O)[C@@](C)(CC(O)C12)O3. The highest BCUT2D eigenvalue weighted by Crippen LogP contribution is 2.40. The summed E-state index contributed by atoms with van der Waals surface area (Å²) >= 11 is 0. The molecule has 1 fully saturated rings. The zero-order valence-corrected chi connectivity index (χ0v) is 11.4. The molecule has 0 saturated carbocycles. The van der Waals surface area contributed by atoms with E-state index in [1.165, 1.54) is 6.08 Å². The molecule has 4 atom stereocenters. The van der Waals surface area contributed by atoms with E-state index >= 15 is 0 Å². The minimum atomic E-state index is -1.09. The summed E-state index contributed by atoms with van der Waals surface area (Å²) in [5.41, 5.74) is -0.131. The highest BCUT2D eigenvalue weighted by molar-refractivity contribution is 6.00. The van der Waals surface area contributed by atoms with E-state index in [-0.39, 0.29) is 17.8 Å². The van der Waals surface area contributed by atoms with Gasteiger partial charge in [-0.15, -0.1) is 0 Å². The number of carbonyl (C=O) groups excluding carboxylic acids is 2. The molecule has 1 saturated heterocycles. The number of aliphatic hydroxyl groups excluding tert-OH is 1. The summed E-state index contributed by atoms with van der Waals surface area (Å²) in [4.78, 5) is 23.7. The first-order chi connectivity index (χ1) is 9.32. The quantitative estimate of drug-likeness (QED) is 0.528.